The summed E-state index contributed by atoms with van der Waals surface area (Å²) in [4.78, 5) is 14.6. The zero-order valence-electron chi connectivity index (χ0n) is 12.5. The van der Waals surface area contributed by atoms with Crippen LogP contribution < -0.4 is 10.2 Å². The number of carbonyl (C=O) groups excluding carboxylic acids is 1. The second kappa shape index (κ2) is 7.20. The zero-order valence-corrected chi connectivity index (χ0v) is 14.9. The van der Waals surface area contributed by atoms with Crippen LogP contribution in [-0.4, -0.2) is 19.5 Å². The van der Waals surface area contributed by atoms with Gasteiger partial charge in [-0.15, -0.1) is 11.3 Å². The van der Waals surface area contributed by atoms with Crippen LogP contribution in [0.2, 0.25) is 0 Å². The fourth-order valence-electron chi connectivity index (χ4n) is 2.23. The fraction of sp³-hybridized carbons (Fsp3) is 0.312. The largest absolute Gasteiger partial charge is 0.325 e. The molecule has 0 aliphatic rings. The summed E-state index contributed by atoms with van der Waals surface area (Å²) in [6.07, 6.45) is 0. The van der Waals surface area contributed by atoms with Crippen molar-refractivity contribution in [3.8, 4) is 0 Å². The summed E-state index contributed by atoms with van der Waals surface area (Å²) in [6, 6.07) is 10.2. The van der Waals surface area contributed by atoms with Crippen LogP contribution in [0, 0.1) is 13.8 Å². The molecular weight excluding hydrogens is 348 g/mol. The van der Waals surface area contributed by atoms with Crippen molar-refractivity contribution in [2.45, 2.75) is 20.4 Å². The number of benzene rings is 1. The number of anilines is 1. The monoisotopic (exact) mass is 367 g/mol. The van der Waals surface area contributed by atoms with Crippen molar-refractivity contribution in [1.82, 2.24) is 0 Å². The van der Waals surface area contributed by atoms with E-state index in [4.69, 9.17) is 0 Å². The number of likely N-dealkylation sites (N-methyl/N-ethyl adjacent to an activating group) is 1. The average Bonchev–Trinajstić information content (AvgIpc) is 2.78. The Hall–Kier alpha value is -1.17. The van der Waals surface area contributed by atoms with Crippen molar-refractivity contribution in [3.05, 3.63) is 50.1 Å². The summed E-state index contributed by atoms with van der Waals surface area (Å²) in [6.45, 7) is 5.39. The quantitative estimate of drug-likeness (QED) is 0.836. The van der Waals surface area contributed by atoms with Gasteiger partial charge in [0, 0.05) is 5.69 Å². The van der Waals surface area contributed by atoms with Gasteiger partial charge in [0.1, 0.15) is 6.54 Å². The molecule has 5 heteroatoms. The highest BCUT2D eigenvalue weighted by Gasteiger charge is 2.12. The molecule has 21 heavy (non-hydrogen) atoms. The number of amides is 1. The molecule has 1 unspecified atom stereocenters. The first kappa shape index (κ1) is 16.2. The van der Waals surface area contributed by atoms with Gasteiger partial charge in [0.15, 0.2) is 6.54 Å². The molecule has 0 radical (unpaired) electrons. The van der Waals surface area contributed by atoms with E-state index in [-0.39, 0.29) is 5.91 Å². The SMILES string of the molecule is Cc1ccc(NC(=O)C[NH+](C)Cc2ccc(Br)s2)c(C)c1. The lowest BCUT2D eigenvalue weighted by Gasteiger charge is -2.14. The average molecular weight is 368 g/mol. The lowest BCUT2D eigenvalue weighted by atomic mass is 10.1. The van der Waals surface area contributed by atoms with E-state index in [1.165, 1.54) is 15.3 Å². The van der Waals surface area contributed by atoms with Gasteiger partial charge in [-0.25, -0.2) is 0 Å². The molecule has 0 saturated heterocycles. The highest BCUT2D eigenvalue weighted by molar-refractivity contribution is 9.11. The molecule has 1 heterocycles. The van der Waals surface area contributed by atoms with Gasteiger partial charge in [-0.3, -0.25) is 4.79 Å². The van der Waals surface area contributed by atoms with E-state index in [0.29, 0.717) is 6.54 Å². The van der Waals surface area contributed by atoms with Crippen molar-refractivity contribution in [1.29, 1.82) is 0 Å². The van der Waals surface area contributed by atoms with Gasteiger partial charge in [0.25, 0.3) is 5.91 Å². The Morgan fingerprint density at radius 3 is 2.67 bits per heavy atom. The number of hydrogen-bond acceptors (Lipinski definition) is 2. The Labute approximate surface area is 138 Å². The topological polar surface area (TPSA) is 33.5 Å². The Balaban J connectivity index is 1.89. The highest BCUT2D eigenvalue weighted by Crippen LogP contribution is 2.21. The fourth-order valence-corrected chi connectivity index (χ4v) is 3.83. The minimum absolute atomic E-state index is 0.0510. The molecule has 0 spiro atoms. The summed E-state index contributed by atoms with van der Waals surface area (Å²) in [5, 5.41) is 2.99. The molecule has 0 saturated carbocycles. The molecule has 0 aliphatic heterocycles. The molecule has 1 aromatic heterocycles. The van der Waals surface area contributed by atoms with Gasteiger partial charge in [0.05, 0.1) is 15.7 Å². The zero-order chi connectivity index (χ0) is 15.4. The minimum Gasteiger partial charge on any atom is -0.325 e. The van der Waals surface area contributed by atoms with Crippen LogP contribution in [0.15, 0.2) is 34.1 Å². The van der Waals surface area contributed by atoms with Gasteiger partial charge in [-0.05, 0) is 53.5 Å². The Morgan fingerprint density at radius 1 is 1.29 bits per heavy atom. The summed E-state index contributed by atoms with van der Waals surface area (Å²) in [5.41, 5.74) is 3.21. The standard InChI is InChI=1S/C16H19BrN2OS/c1-11-4-6-14(12(2)8-11)18-16(20)10-19(3)9-13-5-7-15(17)21-13/h4-8H,9-10H2,1-3H3,(H,18,20)/p+1. The summed E-state index contributed by atoms with van der Waals surface area (Å²) >= 11 is 5.18. The second-order valence-electron chi connectivity index (χ2n) is 5.38. The van der Waals surface area contributed by atoms with Crippen molar-refractivity contribution in [3.63, 3.8) is 0 Å². The van der Waals surface area contributed by atoms with E-state index in [2.05, 4.69) is 40.3 Å². The molecule has 2 N–H and O–H groups in total. The molecule has 0 fully saturated rings. The van der Waals surface area contributed by atoms with Crippen molar-refractivity contribution < 1.29 is 9.69 Å². The minimum atomic E-state index is 0.0510. The molecule has 1 amide bonds. The number of nitrogens with one attached hydrogen (secondary N) is 2. The molecule has 2 rings (SSSR count). The lowest BCUT2D eigenvalue weighted by Crippen LogP contribution is -3.08. The third-order valence-corrected chi connectivity index (χ3v) is 4.85. The highest BCUT2D eigenvalue weighted by atomic mass is 79.9. The summed E-state index contributed by atoms with van der Waals surface area (Å²) in [5.74, 6) is 0.0510. The predicted molar refractivity (Wildman–Crippen MR) is 92.0 cm³/mol. The van der Waals surface area contributed by atoms with Crippen LogP contribution in [0.5, 0.6) is 0 Å². The smallest absolute Gasteiger partial charge is 0.279 e. The number of aryl methyl sites for hydroxylation is 2. The van der Waals surface area contributed by atoms with Gasteiger partial charge in [-0.1, -0.05) is 17.7 Å². The molecule has 1 aromatic carbocycles. The molecule has 2 aromatic rings. The first-order chi connectivity index (χ1) is 9.94. The van der Waals surface area contributed by atoms with Crippen molar-refractivity contribution in [2.75, 3.05) is 18.9 Å². The van der Waals surface area contributed by atoms with E-state index >= 15 is 0 Å². The van der Waals surface area contributed by atoms with E-state index in [1.54, 1.807) is 11.3 Å². The maximum absolute atomic E-state index is 12.1. The maximum Gasteiger partial charge on any atom is 0.279 e. The number of quaternary nitrogens is 1. The van der Waals surface area contributed by atoms with E-state index in [0.717, 1.165) is 21.6 Å². The molecule has 3 nitrogen and oxygen atoms in total. The molecule has 112 valence electrons. The maximum atomic E-state index is 12.1. The number of rotatable bonds is 5. The van der Waals surface area contributed by atoms with Gasteiger partial charge in [0.2, 0.25) is 0 Å². The van der Waals surface area contributed by atoms with Gasteiger partial charge >= 0.3 is 0 Å². The molecule has 0 bridgehead atoms. The Bertz CT molecular complexity index is 639. The van der Waals surface area contributed by atoms with E-state index in [1.807, 2.05) is 32.2 Å². The van der Waals surface area contributed by atoms with Crippen molar-refractivity contribution in [2.24, 2.45) is 0 Å². The van der Waals surface area contributed by atoms with Crippen LogP contribution in [-0.2, 0) is 11.3 Å². The lowest BCUT2D eigenvalue weighted by molar-refractivity contribution is -0.884. The molecule has 0 aliphatic carbocycles. The van der Waals surface area contributed by atoms with Crippen LogP contribution in [0.1, 0.15) is 16.0 Å². The molecular formula is C16H20BrN2OS+. The number of hydrogen-bond donors (Lipinski definition) is 2. The van der Waals surface area contributed by atoms with Crippen molar-refractivity contribution >= 4 is 38.9 Å². The third-order valence-electron chi connectivity index (χ3n) is 3.22. The molecule has 1 atom stereocenters. The van der Waals surface area contributed by atoms with E-state index in [9.17, 15) is 4.79 Å². The summed E-state index contributed by atoms with van der Waals surface area (Å²) in [7, 11) is 2.04. The first-order valence-corrected chi connectivity index (χ1v) is 8.47. The second-order valence-corrected chi connectivity index (χ2v) is 7.93. The number of thiophene rings is 1. The number of halogens is 1. The van der Waals surface area contributed by atoms with Crippen LogP contribution in [0.25, 0.3) is 0 Å². The predicted octanol–water partition coefficient (Wildman–Crippen LogP) is 2.78. The van der Waals surface area contributed by atoms with Crippen LogP contribution >= 0.6 is 27.3 Å². The van der Waals surface area contributed by atoms with Crippen LogP contribution in [0.3, 0.4) is 0 Å². The Morgan fingerprint density at radius 2 is 2.05 bits per heavy atom. The first-order valence-electron chi connectivity index (χ1n) is 6.86. The Kier molecular flexibility index (Phi) is 5.56. The third kappa shape index (κ3) is 4.95. The normalized spacial score (nSPS) is 12.2. The number of carbonyl (C=O) groups is 1. The van der Waals surface area contributed by atoms with E-state index < -0.39 is 0 Å². The van der Waals surface area contributed by atoms with Crippen LogP contribution in [0.4, 0.5) is 5.69 Å². The van der Waals surface area contributed by atoms with Gasteiger partial charge in [-0.2, -0.15) is 0 Å². The van der Waals surface area contributed by atoms with Gasteiger partial charge < -0.3 is 10.2 Å². The summed E-state index contributed by atoms with van der Waals surface area (Å²) < 4.78 is 1.13.